The van der Waals surface area contributed by atoms with E-state index in [4.69, 9.17) is 9.47 Å². The van der Waals surface area contributed by atoms with Crippen molar-refractivity contribution in [3.05, 3.63) is 66.2 Å². The molecule has 164 valence electrons. The van der Waals surface area contributed by atoms with Gasteiger partial charge in [-0.25, -0.2) is 0 Å². The van der Waals surface area contributed by atoms with Gasteiger partial charge in [0, 0.05) is 30.4 Å². The van der Waals surface area contributed by atoms with Crippen molar-refractivity contribution in [2.24, 2.45) is 0 Å². The monoisotopic (exact) mass is 430 g/mol. The van der Waals surface area contributed by atoms with Gasteiger partial charge in [-0.1, -0.05) is 18.2 Å². The number of hydrogen-bond acceptors (Lipinski definition) is 6. The van der Waals surface area contributed by atoms with E-state index in [-0.39, 0.29) is 5.91 Å². The molecule has 1 aliphatic rings. The normalized spacial score (nSPS) is 13.4. The first-order valence-corrected chi connectivity index (χ1v) is 10.6. The fourth-order valence-corrected chi connectivity index (χ4v) is 3.63. The Morgan fingerprint density at radius 3 is 2.34 bits per heavy atom. The second-order valence-electron chi connectivity index (χ2n) is 7.49. The number of amides is 1. The zero-order valence-electron chi connectivity index (χ0n) is 18.2. The number of ether oxygens (including phenoxy) is 2. The van der Waals surface area contributed by atoms with Gasteiger partial charge in [0.15, 0.2) is 17.3 Å². The van der Waals surface area contributed by atoms with Gasteiger partial charge in [-0.2, -0.15) is 0 Å². The van der Waals surface area contributed by atoms with Crippen LogP contribution in [0.1, 0.15) is 18.4 Å². The van der Waals surface area contributed by atoms with Gasteiger partial charge in [-0.3, -0.25) is 4.79 Å². The van der Waals surface area contributed by atoms with E-state index >= 15 is 0 Å². The first-order valence-electron chi connectivity index (χ1n) is 10.6. The van der Waals surface area contributed by atoms with Crippen LogP contribution >= 0.6 is 0 Å². The molecular weight excluding hydrogens is 404 g/mol. The van der Waals surface area contributed by atoms with Crippen LogP contribution < -0.4 is 19.7 Å². The molecule has 0 bridgehead atoms. The minimum Gasteiger partial charge on any atom is -0.493 e. The minimum absolute atomic E-state index is 0.220. The SMILES string of the molecule is COc1ccc(/C=C/C(=O)Nc2ccc(-c3ccc(N4CCCC4)nn3)cc2)cc1OC. The van der Waals surface area contributed by atoms with Crippen LogP contribution in [0.4, 0.5) is 11.5 Å². The number of methoxy groups -OCH3 is 2. The molecule has 0 unspecified atom stereocenters. The number of anilines is 2. The summed E-state index contributed by atoms with van der Waals surface area (Å²) in [5.41, 5.74) is 3.30. The van der Waals surface area contributed by atoms with Crippen molar-refractivity contribution in [2.75, 3.05) is 37.5 Å². The summed E-state index contributed by atoms with van der Waals surface area (Å²) >= 11 is 0. The van der Waals surface area contributed by atoms with E-state index in [0.29, 0.717) is 17.2 Å². The Labute approximate surface area is 187 Å². The van der Waals surface area contributed by atoms with Gasteiger partial charge >= 0.3 is 0 Å². The van der Waals surface area contributed by atoms with E-state index in [9.17, 15) is 4.79 Å². The molecule has 3 aromatic rings. The minimum atomic E-state index is -0.220. The second-order valence-corrected chi connectivity index (χ2v) is 7.49. The predicted octanol–water partition coefficient (Wildman–Crippen LogP) is 4.41. The highest BCUT2D eigenvalue weighted by atomic mass is 16.5. The highest BCUT2D eigenvalue weighted by molar-refractivity contribution is 6.02. The molecule has 1 aliphatic heterocycles. The van der Waals surface area contributed by atoms with Crippen molar-refractivity contribution in [2.45, 2.75) is 12.8 Å². The number of rotatable bonds is 7. The van der Waals surface area contributed by atoms with E-state index in [1.165, 1.54) is 18.9 Å². The van der Waals surface area contributed by atoms with E-state index in [0.717, 1.165) is 35.7 Å². The molecule has 2 heterocycles. The zero-order valence-corrected chi connectivity index (χ0v) is 18.2. The lowest BCUT2D eigenvalue weighted by molar-refractivity contribution is -0.111. The Morgan fingerprint density at radius 1 is 0.938 bits per heavy atom. The van der Waals surface area contributed by atoms with Crippen LogP contribution in [0.2, 0.25) is 0 Å². The van der Waals surface area contributed by atoms with E-state index in [1.807, 2.05) is 48.5 Å². The maximum atomic E-state index is 12.3. The molecule has 2 aromatic carbocycles. The fourth-order valence-electron chi connectivity index (χ4n) is 3.63. The largest absolute Gasteiger partial charge is 0.493 e. The molecule has 1 saturated heterocycles. The molecule has 1 N–H and O–H groups in total. The van der Waals surface area contributed by atoms with E-state index in [1.54, 1.807) is 26.4 Å². The van der Waals surface area contributed by atoms with E-state index < -0.39 is 0 Å². The third kappa shape index (κ3) is 5.06. The fraction of sp³-hybridized carbons (Fsp3) is 0.240. The highest BCUT2D eigenvalue weighted by Gasteiger charge is 2.14. The molecular formula is C25H26N4O3. The standard InChI is InChI=1S/C25H26N4O3/c1-31-22-12-5-18(17-23(22)32-2)6-14-25(30)26-20-9-7-19(8-10-20)21-11-13-24(28-27-21)29-15-3-4-16-29/h5-14,17H,3-4,15-16H2,1-2H3,(H,26,30)/b14-6+. The first-order chi connectivity index (χ1) is 15.7. The molecule has 0 atom stereocenters. The van der Waals surface area contributed by atoms with Gasteiger partial charge in [-0.15, -0.1) is 10.2 Å². The third-order valence-electron chi connectivity index (χ3n) is 5.36. The number of nitrogens with one attached hydrogen (secondary N) is 1. The van der Waals surface area contributed by atoms with Gasteiger partial charge in [0.25, 0.3) is 0 Å². The van der Waals surface area contributed by atoms with Crippen LogP contribution in [-0.4, -0.2) is 43.4 Å². The molecule has 32 heavy (non-hydrogen) atoms. The molecule has 4 rings (SSSR count). The van der Waals surface area contributed by atoms with Crippen molar-refractivity contribution in [3.8, 4) is 22.8 Å². The lowest BCUT2D eigenvalue weighted by atomic mass is 10.1. The molecule has 0 aliphatic carbocycles. The molecule has 1 amide bonds. The van der Waals surface area contributed by atoms with Crippen molar-refractivity contribution >= 4 is 23.5 Å². The molecule has 1 fully saturated rings. The van der Waals surface area contributed by atoms with Gasteiger partial charge in [0.2, 0.25) is 5.91 Å². The smallest absolute Gasteiger partial charge is 0.248 e. The Bertz CT molecular complexity index is 1090. The lowest BCUT2D eigenvalue weighted by Crippen LogP contribution is -2.19. The Balaban J connectivity index is 1.37. The summed E-state index contributed by atoms with van der Waals surface area (Å²) in [5, 5.41) is 11.6. The van der Waals surface area contributed by atoms with Gasteiger partial charge < -0.3 is 19.7 Å². The number of carbonyl (C=O) groups is 1. The number of carbonyl (C=O) groups excluding carboxylic acids is 1. The zero-order chi connectivity index (χ0) is 22.3. The summed E-state index contributed by atoms with van der Waals surface area (Å²) in [7, 11) is 3.16. The van der Waals surface area contributed by atoms with Crippen LogP contribution in [0.3, 0.4) is 0 Å². The second kappa shape index (κ2) is 9.96. The number of aromatic nitrogens is 2. The summed E-state index contributed by atoms with van der Waals surface area (Å²) in [5.74, 6) is 1.96. The van der Waals surface area contributed by atoms with Crippen LogP contribution in [0, 0.1) is 0 Å². The highest BCUT2D eigenvalue weighted by Crippen LogP contribution is 2.28. The summed E-state index contributed by atoms with van der Waals surface area (Å²) in [6.07, 6.45) is 5.63. The topological polar surface area (TPSA) is 76.6 Å². The molecule has 7 heteroatoms. The summed E-state index contributed by atoms with van der Waals surface area (Å²) < 4.78 is 10.5. The van der Waals surface area contributed by atoms with Crippen molar-refractivity contribution < 1.29 is 14.3 Å². The summed E-state index contributed by atoms with van der Waals surface area (Å²) in [6, 6.07) is 17.0. The Kier molecular flexibility index (Phi) is 6.65. The van der Waals surface area contributed by atoms with Gasteiger partial charge in [-0.05, 0) is 60.9 Å². The summed E-state index contributed by atoms with van der Waals surface area (Å²) in [6.45, 7) is 2.09. The number of benzene rings is 2. The Hall–Kier alpha value is -3.87. The van der Waals surface area contributed by atoms with Crippen LogP contribution in [0.5, 0.6) is 11.5 Å². The molecule has 0 spiro atoms. The maximum absolute atomic E-state index is 12.3. The number of hydrogen-bond donors (Lipinski definition) is 1. The Morgan fingerprint density at radius 2 is 1.69 bits per heavy atom. The summed E-state index contributed by atoms with van der Waals surface area (Å²) in [4.78, 5) is 14.6. The van der Waals surface area contributed by atoms with E-state index in [2.05, 4.69) is 20.4 Å². The van der Waals surface area contributed by atoms with Crippen LogP contribution in [-0.2, 0) is 4.79 Å². The molecule has 0 saturated carbocycles. The van der Waals surface area contributed by atoms with Crippen LogP contribution in [0.25, 0.3) is 17.3 Å². The maximum Gasteiger partial charge on any atom is 0.248 e. The van der Waals surface area contributed by atoms with Gasteiger partial charge in [0.05, 0.1) is 19.9 Å². The van der Waals surface area contributed by atoms with Crippen molar-refractivity contribution in [1.29, 1.82) is 0 Å². The first kappa shape index (κ1) is 21.4. The quantitative estimate of drug-likeness (QED) is 0.560. The number of nitrogens with zero attached hydrogens (tertiary/aromatic N) is 3. The molecule has 0 radical (unpaired) electrons. The van der Waals surface area contributed by atoms with Gasteiger partial charge in [0.1, 0.15) is 0 Å². The lowest BCUT2D eigenvalue weighted by Gasteiger charge is -2.15. The van der Waals surface area contributed by atoms with Crippen molar-refractivity contribution in [1.82, 2.24) is 10.2 Å². The molecule has 1 aromatic heterocycles. The third-order valence-corrected chi connectivity index (χ3v) is 5.36. The predicted molar refractivity (Wildman–Crippen MR) is 126 cm³/mol. The van der Waals surface area contributed by atoms with Crippen LogP contribution in [0.15, 0.2) is 60.7 Å². The average Bonchev–Trinajstić information content (AvgIpc) is 3.38. The average molecular weight is 431 g/mol. The molecule has 7 nitrogen and oxygen atoms in total. The van der Waals surface area contributed by atoms with Crippen molar-refractivity contribution in [3.63, 3.8) is 0 Å².